The van der Waals surface area contributed by atoms with Gasteiger partial charge in [-0.05, 0) is 43.0 Å². The maximum atomic E-state index is 10.9. The highest BCUT2D eigenvalue weighted by Gasteiger charge is 2.23. The van der Waals surface area contributed by atoms with Crippen LogP contribution in [0.1, 0.15) is 35.5 Å². The van der Waals surface area contributed by atoms with Gasteiger partial charge in [-0.25, -0.2) is 9.48 Å². The summed E-state index contributed by atoms with van der Waals surface area (Å²) < 4.78 is 1.89. The second-order valence-corrected chi connectivity index (χ2v) is 5.81. The van der Waals surface area contributed by atoms with Crippen molar-refractivity contribution in [2.45, 2.75) is 26.7 Å². The van der Waals surface area contributed by atoms with E-state index in [1.54, 1.807) is 24.3 Å². The van der Waals surface area contributed by atoms with E-state index in [1.165, 1.54) is 5.56 Å². The predicted octanol–water partition coefficient (Wildman–Crippen LogP) is 2.74. The second-order valence-electron chi connectivity index (χ2n) is 5.81. The standard InChI is InChI=1S/C16H19N3O2/c1-10(2)9-14-13-7-8-17-15(13)19(18-14)12-5-3-11(4-6-12)16(20)21/h3-6,10,17H,7-9H2,1-2H3,(H,20,21). The Hall–Kier alpha value is -2.30. The van der Waals surface area contributed by atoms with Gasteiger partial charge >= 0.3 is 5.97 Å². The molecule has 2 N–H and O–H groups in total. The average Bonchev–Trinajstić information content (AvgIpc) is 3.02. The predicted molar refractivity (Wildman–Crippen MR) is 81.3 cm³/mol. The van der Waals surface area contributed by atoms with Gasteiger partial charge in [0.2, 0.25) is 0 Å². The molecule has 110 valence electrons. The van der Waals surface area contributed by atoms with Crippen molar-refractivity contribution in [1.29, 1.82) is 0 Å². The Morgan fingerprint density at radius 3 is 2.71 bits per heavy atom. The van der Waals surface area contributed by atoms with Crippen molar-refractivity contribution in [2.24, 2.45) is 5.92 Å². The zero-order valence-electron chi connectivity index (χ0n) is 12.3. The Labute approximate surface area is 123 Å². The molecule has 1 aromatic heterocycles. The van der Waals surface area contributed by atoms with Gasteiger partial charge in [-0.2, -0.15) is 5.10 Å². The van der Waals surface area contributed by atoms with Crippen LogP contribution in [0.5, 0.6) is 0 Å². The zero-order valence-corrected chi connectivity index (χ0v) is 12.3. The third-order valence-corrected chi connectivity index (χ3v) is 3.69. The number of hydrogen-bond acceptors (Lipinski definition) is 3. The fourth-order valence-corrected chi connectivity index (χ4v) is 2.73. The molecule has 0 aliphatic carbocycles. The number of nitrogens with one attached hydrogen (secondary N) is 1. The summed E-state index contributed by atoms with van der Waals surface area (Å²) in [5.74, 6) is 0.701. The van der Waals surface area contributed by atoms with Crippen molar-refractivity contribution in [2.75, 3.05) is 11.9 Å². The zero-order chi connectivity index (χ0) is 15.0. The van der Waals surface area contributed by atoms with E-state index < -0.39 is 5.97 Å². The molecular formula is C16H19N3O2. The highest BCUT2D eigenvalue weighted by atomic mass is 16.4. The maximum absolute atomic E-state index is 10.9. The molecule has 5 heteroatoms. The molecule has 0 amide bonds. The molecule has 0 saturated heterocycles. The topological polar surface area (TPSA) is 67.2 Å². The first-order chi connectivity index (χ1) is 10.1. The van der Waals surface area contributed by atoms with Crippen LogP contribution < -0.4 is 5.32 Å². The van der Waals surface area contributed by atoms with Crippen molar-refractivity contribution >= 4 is 11.8 Å². The van der Waals surface area contributed by atoms with E-state index in [4.69, 9.17) is 10.2 Å². The number of aromatic nitrogens is 2. The lowest BCUT2D eigenvalue weighted by Gasteiger charge is -2.07. The molecular weight excluding hydrogens is 266 g/mol. The summed E-state index contributed by atoms with van der Waals surface area (Å²) >= 11 is 0. The van der Waals surface area contributed by atoms with Gasteiger partial charge in [-0.15, -0.1) is 0 Å². The minimum Gasteiger partial charge on any atom is -0.478 e. The number of carboxylic acid groups (broad SMARTS) is 1. The van der Waals surface area contributed by atoms with Crippen molar-refractivity contribution in [3.63, 3.8) is 0 Å². The number of anilines is 1. The van der Waals surface area contributed by atoms with Crippen LogP contribution in [-0.4, -0.2) is 27.4 Å². The van der Waals surface area contributed by atoms with Crippen LogP contribution >= 0.6 is 0 Å². The molecule has 0 saturated carbocycles. The molecule has 0 atom stereocenters. The van der Waals surface area contributed by atoms with Gasteiger partial charge < -0.3 is 10.4 Å². The minimum atomic E-state index is -0.911. The fraction of sp³-hybridized carbons (Fsp3) is 0.375. The Balaban J connectivity index is 2.00. The summed E-state index contributed by atoms with van der Waals surface area (Å²) in [5.41, 5.74) is 3.62. The summed E-state index contributed by atoms with van der Waals surface area (Å²) in [5, 5.41) is 17.1. The molecule has 0 fully saturated rings. The van der Waals surface area contributed by atoms with Gasteiger partial charge in [0.15, 0.2) is 0 Å². The van der Waals surface area contributed by atoms with Crippen molar-refractivity contribution in [3.05, 3.63) is 41.1 Å². The first-order valence-corrected chi connectivity index (χ1v) is 7.24. The summed E-state index contributed by atoms with van der Waals surface area (Å²) in [6.45, 7) is 5.32. The van der Waals surface area contributed by atoms with Gasteiger partial charge in [0.05, 0.1) is 16.9 Å². The quantitative estimate of drug-likeness (QED) is 0.906. The Morgan fingerprint density at radius 2 is 2.10 bits per heavy atom. The first kappa shape index (κ1) is 13.7. The summed E-state index contributed by atoms with van der Waals surface area (Å²) in [7, 11) is 0. The summed E-state index contributed by atoms with van der Waals surface area (Å²) in [4.78, 5) is 10.9. The Morgan fingerprint density at radius 1 is 1.38 bits per heavy atom. The molecule has 1 aliphatic rings. The molecule has 5 nitrogen and oxygen atoms in total. The number of carboxylic acids is 1. The van der Waals surface area contributed by atoms with E-state index in [9.17, 15) is 4.79 Å². The van der Waals surface area contributed by atoms with E-state index in [-0.39, 0.29) is 5.56 Å². The van der Waals surface area contributed by atoms with Gasteiger partial charge in [0, 0.05) is 12.1 Å². The average molecular weight is 285 g/mol. The number of aromatic carboxylic acids is 1. The Bertz CT molecular complexity index is 672. The van der Waals surface area contributed by atoms with E-state index in [0.29, 0.717) is 5.92 Å². The maximum Gasteiger partial charge on any atom is 0.335 e. The monoisotopic (exact) mass is 285 g/mol. The highest BCUT2D eigenvalue weighted by molar-refractivity contribution is 5.87. The molecule has 2 heterocycles. The number of fused-ring (bicyclic) bond motifs is 1. The van der Waals surface area contributed by atoms with Crippen LogP contribution in [-0.2, 0) is 12.8 Å². The van der Waals surface area contributed by atoms with Crippen LogP contribution in [0.3, 0.4) is 0 Å². The van der Waals surface area contributed by atoms with Crippen molar-refractivity contribution in [1.82, 2.24) is 9.78 Å². The lowest BCUT2D eigenvalue weighted by Crippen LogP contribution is -2.06. The molecule has 2 aromatic rings. The SMILES string of the molecule is CC(C)Cc1nn(-c2ccc(C(=O)O)cc2)c2c1CCN2. The first-order valence-electron chi connectivity index (χ1n) is 7.24. The van der Waals surface area contributed by atoms with Gasteiger partial charge in [0.1, 0.15) is 5.82 Å². The van der Waals surface area contributed by atoms with E-state index in [0.717, 1.165) is 36.6 Å². The van der Waals surface area contributed by atoms with Crippen LogP contribution in [0.4, 0.5) is 5.82 Å². The number of benzene rings is 1. The largest absolute Gasteiger partial charge is 0.478 e. The molecule has 0 unspecified atom stereocenters. The number of rotatable bonds is 4. The van der Waals surface area contributed by atoms with E-state index in [2.05, 4.69) is 19.2 Å². The second kappa shape index (κ2) is 5.24. The molecule has 0 bridgehead atoms. The van der Waals surface area contributed by atoms with E-state index >= 15 is 0 Å². The van der Waals surface area contributed by atoms with Crippen LogP contribution in [0.25, 0.3) is 5.69 Å². The third kappa shape index (κ3) is 2.51. The fourth-order valence-electron chi connectivity index (χ4n) is 2.73. The molecule has 1 aliphatic heterocycles. The highest BCUT2D eigenvalue weighted by Crippen LogP contribution is 2.30. The van der Waals surface area contributed by atoms with Gasteiger partial charge in [0.25, 0.3) is 0 Å². The number of nitrogens with zero attached hydrogens (tertiary/aromatic N) is 2. The smallest absolute Gasteiger partial charge is 0.335 e. The molecule has 0 spiro atoms. The minimum absolute atomic E-state index is 0.290. The van der Waals surface area contributed by atoms with Gasteiger partial charge in [-0.1, -0.05) is 13.8 Å². The van der Waals surface area contributed by atoms with E-state index in [1.807, 2.05) is 4.68 Å². The van der Waals surface area contributed by atoms with Gasteiger partial charge in [-0.3, -0.25) is 0 Å². The molecule has 0 radical (unpaired) electrons. The lowest BCUT2D eigenvalue weighted by molar-refractivity contribution is 0.0697. The van der Waals surface area contributed by atoms with Crippen molar-refractivity contribution < 1.29 is 9.90 Å². The van der Waals surface area contributed by atoms with Crippen LogP contribution in [0.2, 0.25) is 0 Å². The number of carbonyl (C=O) groups is 1. The lowest BCUT2D eigenvalue weighted by atomic mass is 10.0. The van der Waals surface area contributed by atoms with Crippen LogP contribution in [0.15, 0.2) is 24.3 Å². The number of hydrogen-bond donors (Lipinski definition) is 2. The third-order valence-electron chi connectivity index (χ3n) is 3.69. The molecule has 21 heavy (non-hydrogen) atoms. The molecule has 3 rings (SSSR count). The summed E-state index contributed by atoms with van der Waals surface area (Å²) in [6, 6.07) is 6.83. The molecule has 1 aromatic carbocycles. The Kier molecular flexibility index (Phi) is 3.41. The normalized spacial score (nSPS) is 13.3. The summed E-state index contributed by atoms with van der Waals surface area (Å²) in [6.07, 6.45) is 1.97. The van der Waals surface area contributed by atoms with Crippen molar-refractivity contribution in [3.8, 4) is 5.69 Å². The van der Waals surface area contributed by atoms with Crippen LogP contribution in [0, 0.1) is 5.92 Å².